The molecule has 1 unspecified atom stereocenters. The second kappa shape index (κ2) is 5.05. The summed E-state index contributed by atoms with van der Waals surface area (Å²) in [5.74, 6) is -0.326. The number of nitrogens with zero attached hydrogens (tertiary/aromatic N) is 3. The molecule has 0 saturated heterocycles. The second-order valence-corrected chi connectivity index (χ2v) is 3.75. The summed E-state index contributed by atoms with van der Waals surface area (Å²) in [6, 6.07) is 3.03. The molecule has 0 fully saturated rings. The zero-order valence-electron chi connectivity index (χ0n) is 9.89. The lowest BCUT2D eigenvalue weighted by Crippen LogP contribution is -2.18. The molecule has 2 rings (SSSR count). The van der Waals surface area contributed by atoms with E-state index in [0.29, 0.717) is 0 Å². The van der Waals surface area contributed by atoms with E-state index in [9.17, 15) is 4.39 Å². The van der Waals surface area contributed by atoms with E-state index in [-0.39, 0.29) is 11.9 Å². The molecule has 2 aromatic heterocycles. The molecule has 1 N–H and O–H groups in total. The number of pyridine rings is 1. The van der Waals surface area contributed by atoms with E-state index in [4.69, 9.17) is 0 Å². The molecular formula is C12H15FN4. The number of aromatic nitrogens is 3. The van der Waals surface area contributed by atoms with Gasteiger partial charge in [0.15, 0.2) is 0 Å². The number of aryl methyl sites for hydroxylation is 1. The van der Waals surface area contributed by atoms with Gasteiger partial charge in [0, 0.05) is 18.3 Å². The number of rotatable bonds is 4. The van der Waals surface area contributed by atoms with Crippen molar-refractivity contribution in [2.75, 3.05) is 7.05 Å². The summed E-state index contributed by atoms with van der Waals surface area (Å²) in [6.07, 6.45) is 4.99. The van der Waals surface area contributed by atoms with Gasteiger partial charge in [0.2, 0.25) is 0 Å². The van der Waals surface area contributed by atoms with Crippen molar-refractivity contribution in [3.8, 4) is 0 Å². The van der Waals surface area contributed by atoms with E-state index in [1.165, 1.54) is 12.3 Å². The predicted octanol–water partition coefficient (Wildman–Crippen LogP) is 1.75. The van der Waals surface area contributed by atoms with Crippen LogP contribution in [0.2, 0.25) is 0 Å². The molecule has 17 heavy (non-hydrogen) atoms. The minimum absolute atomic E-state index is 0.0594. The molecule has 5 heteroatoms. The van der Waals surface area contributed by atoms with Crippen LogP contribution >= 0.6 is 0 Å². The quantitative estimate of drug-likeness (QED) is 0.876. The van der Waals surface area contributed by atoms with Gasteiger partial charge in [0.25, 0.3) is 0 Å². The molecule has 0 saturated carbocycles. The Bertz CT molecular complexity index is 478. The molecule has 2 heterocycles. The molecule has 0 spiro atoms. The average molecular weight is 234 g/mol. The summed E-state index contributed by atoms with van der Waals surface area (Å²) in [5, 5.41) is 7.37. The van der Waals surface area contributed by atoms with E-state index >= 15 is 0 Å². The Hall–Kier alpha value is -1.75. The van der Waals surface area contributed by atoms with Crippen molar-refractivity contribution < 1.29 is 4.39 Å². The fraction of sp³-hybridized carbons (Fsp3) is 0.333. The van der Waals surface area contributed by atoms with Crippen LogP contribution in [0.4, 0.5) is 4.39 Å². The van der Waals surface area contributed by atoms with E-state index in [2.05, 4.69) is 15.4 Å². The zero-order valence-corrected chi connectivity index (χ0v) is 9.89. The highest BCUT2D eigenvalue weighted by Crippen LogP contribution is 2.19. The molecule has 0 amide bonds. The maximum Gasteiger partial charge on any atom is 0.141 e. The van der Waals surface area contributed by atoms with Crippen LogP contribution in [-0.4, -0.2) is 21.8 Å². The van der Waals surface area contributed by atoms with Crippen molar-refractivity contribution in [3.63, 3.8) is 0 Å². The maximum atomic E-state index is 12.8. The third-order valence-electron chi connectivity index (χ3n) is 2.65. The van der Waals surface area contributed by atoms with Crippen molar-refractivity contribution in [2.45, 2.75) is 19.5 Å². The Kier molecular flexibility index (Phi) is 3.49. The van der Waals surface area contributed by atoms with Crippen LogP contribution in [0.5, 0.6) is 0 Å². The van der Waals surface area contributed by atoms with Crippen molar-refractivity contribution >= 4 is 0 Å². The third-order valence-corrected chi connectivity index (χ3v) is 2.65. The van der Waals surface area contributed by atoms with Gasteiger partial charge in [-0.05, 0) is 26.1 Å². The summed E-state index contributed by atoms with van der Waals surface area (Å²) in [6.45, 7) is 2.86. The Morgan fingerprint density at radius 3 is 2.76 bits per heavy atom. The van der Waals surface area contributed by atoms with Crippen molar-refractivity contribution in [2.24, 2.45) is 0 Å². The van der Waals surface area contributed by atoms with Crippen molar-refractivity contribution in [1.82, 2.24) is 20.1 Å². The molecule has 1 atom stereocenters. The summed E-state index contributed by atoms with van der Waals surface area (Å²) >= 11 is 0. The monoisotopic (exact) mass is 234 g/mol. The van der Waals surface area contributed by atoms with E-state index in [1.54, 1.807) is 12.3 Å². The SMILES string of the molecule is CCn1cc(C(NC)c2ccc(F)cn2)cn1. The van der Waals surface area contributed by atoms with Crippen LogP contribution < -0.4 is 5.32 Å². The third kappa shape index (κ3) is 2.50. The van der Waals surface area contributed by atoms with Gasteiger partial charge in [0.1, 0.15) is 5.82 Å². The first-order valence-electron chi connectivity index (χ1n) is 5.55. The first-order chi connectivity index (χ1) is 8.24. The minimum atomic E-state index is -0.326. The fourth-order valence-corrected chi connectivity index (χ4v) is 1.74. The molecule has 0 aromatic carbocycles. The zero-order chi connectivity index (χ0) is 12.3. The molecule has 0 aliphatic carbocycles. The van der Waals surface area contributed by atoms with Gasteiger partial charge in [0.05, 0.1) is 24.1 Å². The first kappa shape index (κ1) is 11.7. The lowest BCUT2D eigenvalue weighted by Gasteiger charge is -2.13. The fourth-order valence-electron chi connectivity index (χ4n) is 1.74. The summed E-state index contributed by atoms with van der Waals surface area (Å²) in [4.78, 5) is 4.09. The van der Waals surface area contributed by atoms with Crippen LogP contribution in [0, 0.1) is 5.82 Å². The van der Waals surface area contributed by atoms with Crippen molar-refractivity contribution in [3.05, 3.63) is 47.8 Å². The maximum absolute atomic E-state index is 12.8. The first-order valence-corrected chi connectivity index (χ1v) is 5.55. The summed E-state index contributed by atoms with van der Waals surface area (Å²) < 4.78 is 14.7. The normalized spacial score (nSPS) is 12.6. The van der Waals surface area contributed by atoms with E-state index in [0.717, 1.165) is 17.8 Å². The Morgan fingerprint density at radius 1 is 1.41 bits per heavy atom. The van der Waals surface area contributed by atoms with Crippen LogP contribution in [0.3, 0.4) is 0 Å². The molecule has 90 valence electrons. The molecule has 0 radical (unpaired) electrons. The highest BCUT2D eigenvalue weighted by Gasteiger charge is 2.15. The van der Waals surface area contributed by atoms with Gasteiger partial charge >= 0.3 is 0 Å². The van der Waals surface area contributed by atoms with Gasteiger partial charge in [-0.25, -0.2) is 4.39 Å². The Labute approximate surface area is 99.5 Å². The number of hydrogen-bond acceptors (Lipinski definition) is 3. The van der Waals surface area contributed by atoms with Gasteiger partial charge in [-0.1, -0.05) is 0 Å². The van der Waals surface area contributed by atoms with Crippen LogP contribution in [0.15, 0.2) is 30.7 Å². The van der Waals surface area contributed by atoms with Gasteiger partial charge in [-0.2, -0.15) is 5.10 Å². The van der Waals surface area contributed by atoms with Gasteiger partial charge in [-0.3, -0.25) is 9.67 Å². The number of hydrogen-bond donors (Lipinski definition) is 1. The Balaban J connectivity index is 2.29. The molecule has 0 aliphatic rings. The average Bonchev–Trinajstić information content (AvgIpc) is 2.81. The van der Waals surface area contributed by atoms with E-state index < -0.39 is 0 Å². The Morgan fingerprint density at radius 2 is 2.24 bits per heavy atom. The second-order valence-electron chi connectivity index (χ2n) is 3.75. The van der Waals surface area contributed by atoms with E-state index in [1.807, 2.05) is 24.9 Å². The van der Waals surface area contributed by atoms with Crippen LogP contribution in [0.25, 0.3) is 0 Å². The predicted molar refractivity (Wildman–Crippen MR) is 63.0 cm³/mol. The standard InChI is InChI=1S/C12H15FN4/c1-3-17-8-9(6-16-17)12(14-2)11-5-4-10(13)7-15-11/h4-8,12,14H,3H2,1-2H3. The van der Waals surface area contributed by atoms with Gasteiger partial charge in [-0.15, -0.1) is 0 Å². The molecule has 0 aliphatic heterocycles. The topological polar surface area (TPSA) is 42.7 Å². The molecule has 4 nitrogen and oxygen atoms in total. The lowest BCUT2D eigenvalue weighted by atomic mass is 10.1. The molecular weight excluding hydrogens is 219 g/mol. The van der Waals surface area contributed by atoms with Crippen LogP contribution in [-0.2, 0) is 6.54 Å². The number of nitrogens with one attached hydrogen (secondary N) is 1. The van der Waals surface area contributed by atoms with Gasteiger partial charge < -0.3 is 5.32 Å². The minimum Gasteiger partial charge on any atom is -0.308 e. The summed E-state index contributed by atoms with van der Waals surface area (Å²) in [5.41, 5.74) is 1.80. The molecule has 0 bridgehead atoms. The molecule has 2 aromatic rings. The number of halogens is 1. The van der Waals surface area contributed by atoms with Crippen LogP contribution in [0.1, 0.15) is 24.2 Å². The van der Waals surface area contributed by atoms with Crippen molar-refractivity contribution in [1.29, 1.82) is 0 Å². The lowest BCUT2D eigenvalue weighted by molar-refractivity contribution is 0.609. The summed E-state index contributed by atoms with van der Waals surface area (Å²) in [7, 11) is 1.85. The smallest absolute Gasteiger partial charge is 0.141 e. The highest BCUT2D eigenvalue weighted by molar-refractivity contribution is 5.23. The highest BCUT2D eigenvalue weighted by atomic mass is 19.1. The largest absolute Gasteiger partial charge is 0.308 e.